The maximum absolute atomic E-state index is 16.6. The molecule has 2 N–H and O–H groups in total. The molecule has 4 amide bonds. The zero-order chi connectivity index (χ0) is 44.6. The Labute approximate surface area is 369 Å². The number of anilines is 2. The first-order valence-electron chi connectivity index (χ1n) is 22.1. The van der Waals surface area contributed by atoms with Crippen LogP contribution in [-0.4, -0.2) is 126 Å². The van der Waals surface area contributed by atoms with E-state index in [1.165, 1.54) is 17.0 Å². The van der Waals surface area contributed by atoms with Crippen molar-refractivity contribution in [1.82, 2.24) is 34.8 Å². The largest absolute Gasteiger partial charge is 0.369 e. The lowest BCUT2D eigenvalue weighted by Crippen LogP contribution is -2.53. The molecule has 334 valence electrons. The number of fused-ring (bicyclic) bond motifs is 1. The highest BCUT2D eigenvalue weighted by Gasteiger charge is 2.32. The third-order valence-corrected chi connectivity index (χ3v) is 13.3. The summed E-state index contributed by atoms with van der Waals surface area (Å²) >= 11 is 0. The van der Waals surface area contributed by atoms with E-state index in [0.717, 1.165) is 25.9 Å². The van der Waals surface area contributed by atoms with Crippen molar-refractivity contribution in [3.8, 4) is 11.1 Å². The highest BCUT2D eigenvalue weighted by molar-refractivity contribution is 6.05. The minimum atomic E-state index is -0.540. The normalized spacial score (nSPS) is 19.0. The van der Waals surface area contributed by atoms with E-state index < -0.39 is 17.6 Å². The maximum atomic E-state index is 16.6. The Kier molecular flexibility index (Phi) is 12.0. The molecular formula is C48H52F3N9O4. The van der Waals surface area contributed by atoms with Crippen molar-refractivity contribution < 1.29 is 32.3 Å². The van der Waals surface area contributed by atoms with E-state index in [2.05, 4.69) is 20.3 Å². The van der Waals surface area contributed by atoms with Crippen molar-refractivity contribution in [3.63, 3.8) is 0 Å². The Balaban J connectivity index is 0.874. The fraction of sp³-hybridized carbons (Fsp3) is 0.396. The molecule has 0 spiro atoms. The number of aromatic amines is 1. The third-order valence-electron chi connectivity index (χ3n) is 13.3. The van der Waals surface area contributed by atoms with E-state index in [1.54, 1.807) is 72.5 Å². The van der Waals surface area contributed by atoms with Gasteiger partial charge in [-0.15, -0.1) is 0 Å². The quantitative estimate of drug-likeness (QED) is 0.160. The van der Waals surface area contributed by atoms with Gasteiger partial charge in [-0.05, 0) is 90.4 Å². The van der Waals surface area contributed by atoms with E-state index in [0.29, 0.717) is 97.2 Å². The molecule has 5 aromatic rings. The van der Waals surface area contributed by atoms with Gasteiger partial charge >= 0.3 is 0 Å². The molecule has 0 aliphatic carbocycles. The monoisotopic (exact) mass is 875 g/mol. The SMILES string of the molecule is CN(C)C(=O)c1cc2c(-c3ccc(N4CCN(C5CCN(c6ccc(C7CCC(=O)NC7=O)cc6F)CC5)CC4)c(F)c3)cc(C3=CCCN(C(=O)CCn4cccn4)C3)c(F)c2[nH]1. The number of piperazine rings is 1. The first-order chi connectivity index (χ1) is 30.9. The fourth-order valence-corrected chi connectivity index (χ4v) is 9.78. The number of imide groups is 1. The molecule has 4 aliphatic rings. The number of carbonyl (C=O) groups is 4. The van der Waals surface area contributed by atoms with Gasteiger partial charge in [-0.3, -0.25) is 34.1 Å². The fourth-order valence-electron chi connectivity index (χ4n) is 9.78. The minimum Gasteiger partial charge on any atom is -0.369 e. The first kappa shape index (κ1) is 42.9. The van der Waals surface area contributed by atoms with Crippen LogP contribution in [0.25, 0.3) is 27.6 Å². The molecule has 9 rings (SSSR count). The molecule has 0 saturated carbocycles. The lowest BCUT2D eigenvalue weighted by atomic mass is 9.90. The van der Waals surface area contributed by atoms with Crippen LogP contribution in [0.15, 0.2) is 73.1 Å². The van der Waals surface area contributed by atoms with Gasteiger partial charge in [0.15, 0.2) is 5.82 Å². The van der Waals surface area contributed by atoms with Crippen LogP contribution >= 0.6 is 0 Å². The van der Waals surface area contributed by atoms with Gasteiger partial charge in [-0.2, -0.15) is 5.10 Å². The van der Waals surface area contributed by atoms with Crippen LogP contribution in [0.4, 0.5) is 24.5 Å². The van der Waals surface area contributed by atoms with E-state index in [9.17, 15) is 19.2 Å². The van der Waals surface area contributed by atoms with Crippen molar-refractivity contribution in [2.75, 3.05) is 76.3 Å². The van der Waals surface area contributed by atoms with Crippen LogP contribution < -0.4 is 15.1 Å². The molecule has 4 aliphatic heterocycles. The van der Waals surface area contributed by atoms with Gasteiger partial charge in [-0.25, -0.2) is 13.2 Å². The standard InChI is InChI=1S/C48H52F3N9O4/c1-55(2)48(64)40-28-37-35(27-36(45(51)46(37)53-40)32-5-3-16-59(29-32)44(62)14-20-60-17-4-15-52-60)31-7-10-42(39(50)26-31)58-23-21-56(22-24-58)33-12-18-57(19-13-33)41-9-6-30(25-38(41)49)34-8-11-43(61)54-47(34)63/h4-7,9-10,15,17,25-28,33-34,53H,3,8,11-14,16,18-24,29H2,1-2H3,(H,54,61,63). The van der Waals surface area contributed by atoms with Crippen molar-refractivity contribution in [1.29, 1.82) is 0 Å². The zero-order valence-corrected chi connectivity index (χ0v) is 36.1. The number of benzene rings is 3. The average molecular weight is 876 g/mol. The lowest BCUT2D eigenvalue weighted by Gasteiger charge is -2.44. The van der Waals surface area contributed by atoms with Gasteiger partial charge in [0, 0.05) is 115 Å². The van der Waals surface area contributed by atoms with Crippen molar-refractivity contribution in [2.45, 2.75) is 57.0 Å². The molecule has 64 heavy (non-hydrogen) atoms. The second-order valence-electron chi connectivity index (χ2n) is 17.4. The number of hydrogen-bond acceptors (Lipinski definition) is 8. The Morgan fingerprint density at radius 2 is 1.58 bits per heavy atom. The molecule has 1 unspecified atom stereocenters. The van der Waals surface area contributed by atoms with Crippen LogP contribution in [0.2, 0.25) is 0 Å². The topological polar surface area (TPSA) is 130 Å². The van der Waals surface area contributed by atoms with E-state index in [-0.39, 0.29) is 65.6 Å². The predicted octanol–water partition coefficient (Wildman–Crippen LogP) is 6.17. The maximum Gasteiger partial charge on any atom is 0.269 e. The molecule has 2 aromatic heterocycles. The number of aryl methyl sites for hydroxylation is 1. The molecule has 3 fully saturated rings. The van der Waals surface area contributed by atoms with Gasteiger partial charge in [0.25, 0.3) is 5.91 Å². The molecular weight excluding hydrogens is 824 g/mol. The van der Waals surface area contributed by atoms with Gasteiger partial charge in [0.1, 0.15) is 17.3 Å². The Morgan fingerprint density at radius 3 is 2.27 bits per heavy atom. The highest BCUT2D eigenvalue weighted by atomic mass is 19.1. The summed E-state index contributed by atoms with van der Waals surface area (Å²) in [6.45, 7) is 5.25. The smallest absolute Gasteiger partial charge is 0.269 e. The van der Waals surface area contributed by atoms with Crippen molar-refractivity contribution >= 4 is 51.5 Å². The molecule has 0 bridgehead atoms. The third kappa shape index (κ3) is 8.62. The van der Waals surface area contributed by atoms with Crippen molar-refractivity contribution in [2.24, 2.45) is 0 Å². The van der Waals surface area contributed by atoms with Crippen LogP contribution in [0.5, 0.6) is 0 Å². The zero-order valence-electron chi connectivity index (χ0n) is 36.1. The van der Waals surface area contributed by atoms with Gasteiger partial charge in [0.2, 0.25) is 17.7 Å². The second kappa shape index (κ2) is 18.0. The van der Waals surface area contributed by atoms with Gasteiger partial charge in [-0.1, -0.05) is 18.2 Å². The summed E-state index contributed by atoms with van der Waals surface area (Å²) in [6.07, 6.45) is 8.52. The Hall–Kier alpha value is -6.42. The molecule has 0 radical (unpaired) electrons. The summed E-state index contributed by atoms with van der Waals surface area (Å²) in [4.78, 5) is 63.0. The summed E-state index contributed by atoms with van der Waals surface area (Å²) in [6, 6.07) is 15.5. The van der Waals surface area contributed by atoms with Crippen LogP contribution in [0, 0.1) is 17.5 Å². The van der Waals surface area contributed by atoms with E-state index in [1.807, 2.05) is 21.9 Å². The number of H-pyrrole nitrogens is 1. The number of rotatable bonds is 10. The highest BCUT2D eigenvalue weighted by Crippen LogP contribution is 2.39. The summed E-state index contributed by atoms with van der Waals surface area (Å²) in [5, 5.41) is 6.98. The number of hydrogen-bond donors (Lipinski definition) is 2. The van der Waals surface area contributed by atoms with Gasteiger partial charge in [0.05, 0.1) is 22.8 Å². The molecule has 3 aromatic carbocycles. The Morgan fingerprint density at radius 1 is 0.844 bits per heavy atom. The number of carbonyl (C=O) groups excluding carboxylic acids is 4. The number of piperidine rings is 2. The molecule has 1 atom stereocenters. The van der Waals surface area contributed by atoms with Gasteiger partial charge < -0.3 is 24.6 Å². The number of aromatic nitrogens is 3. The Bertz CT molecular complexity index is 2630. The summed E-state index contributed by atoms with van der Waals surface area (Å²) < 4.78 is 50.0. The number of amides is 4. The molecule has 3 saturated heterocycles. The number of nitrogens with one attached hydrogen (secondary N) is 2. The molecule has 6 heterocycles. The second-order valence-corrected chi connectivity index (χ2v) is 17.4. The van der Waals surface area contributed by atoms with Crippen molar-refractivity contribution in [3.05, 3.63) is 107 Å². The van der Waals surface area contributed by atoms with E-state index in [4.69, 9.17) is 0 Å². The van der Waals surface area contributed by atoms with Crippen LogP contribution in [-0.2, 0) is 20.9 Å². The predicted molar refractivity (Wildman–Crippen MR) is 238 cm³/mol. The molecule has 13 nitrogen and oxygen atoms in total. The summed E-state index contributed by atoms with van der Waals surface area (Å²) in [5.41, 5.74) is 3.94. The summed E-state index contributed by atoms with van der Waals surface area (Å²) in [7, 11) is 3.24. The van der Waals surface area contributed by atoms with Crippen LogP contribution in [0.1, 0.15) is 66.1 Å². The lowest BCUT2D eigenvalue weighted by molar-refractivity contribution is -0.134. The number of halogens is 3. The molecule has 16 heteroatoms. The number of nitrogens with zero attached hydrogens (tertiary/aromatic N) is 7. The van der Waals surface area contributed by atoms with Crippen LogP contribution in [0.3, 0.4) is 0 Å². The average Bonchev–Trinajstić information content (AvgIpc) is 4.00. The summed E-state index contributed by atoms with van der Waals surface area (Å²) in [5.74, 6) is -2.92. The first-order valence-corrected chi connectivity index (χ1v) is 22.1. The minimum absolute atomic E-state index is 0.0603. The van der Waals surface area contributed by atoms with E-state index >= 15 is 13.2 Å².